The molecule has 128 valence electrons. The number of hydrogen-bond acceptors (Lipinski definition) is 4. The van der Waals surface area contributed by atoms with Crippen LogP contribution in [-0.4, -0.2) is 5.97 Å². The van der Waals surface area contributed by atoms with Crippen molar-refractivity contribution in [2.45, 2.75) is 33.6 Å². The highest BCUT2D eigenvalue weighted by molar-refractivity contribution is 5.95. The Labute approximate surface area is 146 Å². The highest BCUT2D eigenvalue weighted by Crippen LogP contribution is 2.31. The zero-order valence-corrected chi connectivity index (χ0v) is 14.6. The van der Waals surface area contributed by atoms with Gasteiger partial charge in [0.1, 0.15) is 11.3 Å². The predicted octanol–water partition coefficient (Wildman–Crippen LogP) is 4.58. The zero-order valence-electron chi connectivity index (χ0n) is 14.6. The second-order valence-corrected chi connectivity index (χ2v) is 6.23. The number of carbonyl (C=O) groups is 1. The SMILES string of the molecule is CCCc1cc(=O)oc2cc(C)cc(OC(=O)c3ccc(C)cc3)c12. The van der Waals surface area contributed by atoms with E-state index in [1.165, 1.54) is 6.07 Å². The Morgan fingerprint density at radius 3 is 2.44 bits per heavy atom. The first-order valence-corrected chi connectivity index (χ1v) is 8.34. The monoisotopic (exact) mass is 336 g/mol. The average Bonchev–Trinajstić information content (AvgIpc) is 2.54. The molecular weight excluding hydrogens is 316 g/mol. The summed E-state index contributed by atoms with van der Waals surface area (Å²) in [5, 5.41) is 0.688. The molecule has 0 saturated heterocycles. The Morgan fingerprint density at radius 2 is 1.76 bits per heavy atom. The van der Waals surface area contributed by atoms with Gasteiger partial charge in [0.2, 0.25) is 0 Å². The molecule has 4 nitrogen and oxygen atoms in total. The summed E-state index contributed by atoms with van der Waals surface area (Å²) in [5.74, 6) is -0.00618. The van der Waals surface area contributed by atoms with Gasteiger partial charge in [0.05, 0.1) is 10.9 Å². The summed E-state index contributed by atoms with van der Waals surface area (Å²) in [4.78, 5) is 24.3. The van der Waals surface area contributed by atoms with E-state index in [-0.39, 0.29) is 0 Å². The molecule has 0 atom stereocenters. The van der Waals surface area contributed by atoms with Crippen molar-refractivity contribution in [1.82, 2.24) is 0 Å². The van der Waals surface area contributed by atoms with Crippen LogP contribution in [0.1, 0.15) is 40.4 Å². The number of rotatable bonds is 4. The number of esters is 1. The molecule has 0 aliphatic carbocycles. The lowest BCUT2D eigenvalue weighted by molar-refractivity contribution is 0.0737. The number of fused-ring (bicyclic) bond motifs is 1. The van der Waals surface area contributed by atoms with Gasteiger partial charge in [0.25, 0.3) is 0 Å². The van der Waals surface area contributed by atoms with Gasteiger partial charge >= 0.3 is 11.6 Å². The Hall–Kier alpha value is -2.88. The van der Waals surface area contributed by atoms with Crippen molar-refractivity contribution in [3.05, 3.63) is 75.1 Å². The van der Waals surface area contributed by atoms with Gasteiger partial charge in [-0.15, -0.1) is 0 Å². The number of hydrogen-bond donors (Lipinski definition) is 0. The Morgan fingerprint density at radius 1 is 1.04 bits per heavy atom. The second kappa shape index (κ2) is 6.93. The minimum Gasteiger partial charge on any atom is -0.423 e. The molecule has 0 bridgehead atoms. The van der Waals surface area contributed by atoms with Crippen molar-refractivity contribution in [3.8, 4) is 5.75 Å². The lowest BCUT2D eigenvalue weighted by Gasteiger charge is -2.12. The summed E-state index contributed by atoms with van der Waals surface area (Å²) >= 11 is 0. The second-order valence-electron chi connectivity index (χ2n) is 6.23. The fourth-order valence-corrected chi connectivity index (χ4v) is 2.87. The molecule has 3 aromatic rings. The lowest BCUT2D eigenvalue weighted by Crippen LogP contribution is -2.10. The average molecular weight is 336 g/mol. The first-order valence-electron chi connectivity index (χ1n) is 8.34. The molecule has 0 saturated carbocycles. The standard InChI is InChI=1S/C21H20O4/c1-4-5-16-12-19(22)24-17-10-14(3)11-18(20(16)17)25-21(23)15-8-6-13(2)7-9-15/h6-12H,4-5H2,1-3H3. The first kappa shape index (κ1) is 17.0. The van der Waals surface area contributed by atoms with Crippen LogP contribution in [0, 0.1) is 13.8 Å². The van der Waals surface area contributed by atoms with Crippen LogP contribution in [0.15, 0.2) is 51.7 Å². The molecule has 0 amide bonds. The van der Waals surface area contributed by atoms with Crippen molar-refractivity contribution in [2.24, 2.45) is 0 Å². The van der Waals surface area contributed by atoms with E-state index in [0.717, 1.165) is 23.1 Å². The van der Waals surface area contributed by atoms with Crippen LogP contribution in [0.3, 0.4) is 0 Å². The summed E-state index contributed by atoms with van der Waals surface area (Å²) in [6.45, 7) is 5.87. The van der Waals surface area contributed by atoms with Gasteiger partial charge in [-0.3, -0.25) is 0 Å². The fourth-order valence-electron chi connectivity index (χ4n) is 2.87. The van der Waals surface area contributed by atoms with Crippen molar-refractivity contribution >= 4 is 16.9 Å². The smallest absolute Gasteiger partial charge is 0.343 e. The van der Waals surface area contributed by atoms with Crippen LogP contribution >= 0.6 is 0 Å². The van der Waals surface area contributed by atoms with E-state index in [1.807, 2.05) is 32.9 Å². The van der Waals surface area contributed by atoms with Crippen LogP contribution in [0.2, 0.25) is 0 Å². The summed E-state index contributed by atoms with van der Waals surface area (Å²) in [7, 11) is 0. The van der Waals surface area contributed by atoms with Crippen molar-refractivity contribution in [1.29, 1.82) is 0 Å². The van der Waals surface area contributed by atoms with Crippen LogP contribution in [0.25, 0.3) is 11.0 Å². The molecule has 0 spiro atoms. The molecular formula is C21H20O4. The van der Waals surface area contributed by atoms with Crippen LogP contribution < -0.4 is 10.4 Å². The number of benzene rings is 2. The van der Waals surface area contributed by atoms with Crippen molar-refractivity contribution in [3.63, 3.8) is 0 Å². The molecule has 0 unspecified atom stereocenters. The maximum atomic E-state index is 12.5. The summed E-state index contributed by atoms with van der Waals surface area (Å²) in [6.07, 6.45) is 1.58. The predicted molar refractivity (Wildman–Crippen MR) is 97.4 cm³/mol. The first-order chi connectivity index (χ1) is 12.0. The van der Waals surface area contributed by atoms with Crippen molar-refractivity contribution < 1.29 is 13.9 Å². The lowest BCUT2D eigenvalue weighted by atomic mass is 10.0. The van der Waals surface area contributed by atoms with E-state index in [4.69, 9.17) is 9.15 Å². The quantitative estimate of drug-likeness (QED) is 0.397. The number of aryl methyl sites for hydroxylation is 3. The van der Waals surface area contributed by atoms with Crippen LogP contribution in [-0.2, 0) is 6.42 Å². The van der Waals surface area contributed by atoms with Gasteiger partial charge in [0.15, 0.2) is 0 Å². The third kappa shape index (κ3) is 3.63. The Kier molecular flexibility index (Phi) is 4.70. The molecule has 0 aliphatic heterocycles. The molecule has 0 fully saturated rings. The minimum absolute atomic E-state index is 0.391. The summed E-state index contributed by atoms with van der Waals surface area (Å²) < 4.78 is 11.0. The van der Waals surface area contributed by atoms with E-state index in [2.05, 4.69) is 0 Å². The van der Waals surface area contributed by atoms with E-state index < -0.39 is 11.6 Å². The van der Waals surface area contributed by atoms with E-state index >= 15 is 0 Å². The van der Waals surface area contributed by atoms with E-state index in [0.29, 0.717) is 28.7 Å². The molecule has 1 heterocycles. The molecule has 2 aromatic carbocycles. The number of ether oxygens (including phenoxy) is 1. The molecule has 0 N–H and O–H groups in total. The molecule has 0 aliphatic rings. The summed E-state index contributed by atoms with van der Waals surface area (Å²) in [5.41, 5.74) is 3.30. The Bertz CT molecular complexity index is 981. The maximum Gasteiger partial charge on any atom is 0.343 e. The normalized spacial score (nSPS) is 10.8. The number of carbonyl (C=O) groups excluding carboxylic acids is 1. The molecule has 25 heavy (non-hydrogen) atoms. The van der Waals surface area contributed by atoms with Gasteiger partial charge in [-0.05, 0) is 55.7 Å². The highest BCUT2D eigenvalue weighted by atomic mass is 16.5. The van der Waals surface area contributed by atoms with Gasteiger partial charge in [-0.1, -0.05) is 31.0 Å². The van der Waals surface area contributed by atoms with E-state index in [9.17, 15) is 9.59 Å². The zero-order chi connectivity index (χ0) is 18.0. The molecule has 1 aromatic heterocycles. The molecule has 4 heteroatoms. The van der Waals surface area contributed by atoms with Gasteiger partial charge < -0.3 is 9.15 Å². The van der Waals surface area contributed by atoms with Gasteiger partial charge in [-0.25, -0.2) is 9.59 Å². The van der Waals surface area contributed by atoms with Gasteiger partial charge in [-0.2, -0.15) is 0 Å². The highest BCUT2D eigenvalue weighted by Gasteiger charge is 2.16. The third-order valence-electron chi connectivity index (χ3n) is 4.04. The Balaban J connectivity index is 2.09. The van der Waals surface area contributed by atoms with Gasteiger partial charge in [0, 0.05) is 6.07 Å². The summed E-state index contributed by atoms with van der Waals surface area (Å²) in [6, 6.07) is 12.3. The maximum absolute atomic E-state index is 12.5. The fraction of sp³-hybridized carbons (Fsp3) is 0.238. The minimum atomic E-state index is -0.430. The third-order valence-corrected chi connectivity index (χ3v) is 4.04. The topological polar surface area (TPSA) is 56.5 Å². The van der Waals surface area contributed by atoms with Crippen LogP contribution in [0.4, 0.5) is 0 Å². The molecule has 0 radical (unpaired) electrons. The largest absolute Gasteiger partial charge is 0.423 e. The molecule has 3 rings (SSSR count). The van der Waals surface area contributed by atoms with E-state index in [1.54, 1.807) is 24.3 Å². The van der Waals surface area contributed by atoms with Crippen molar-refractivity contribution in [2.75, 3.05) is 0 Å². The van der Waals surface area contributed by atoms with Crippen LogP contribution in [0.5, 0.6) is 5.75 Å².